The third-order valence-corrected chi connectivity index (χ3v) is 6.75. The van der Waals surface area contributed by atoms with E-state index < -0.39 is 18.7 Å². The summed E-state index contributed by atoms with van der Waals surface area (Å²) in [5.41, 5.74) is -0.693. The molecule has 0 aliphatic heterocycles. The Kier molecular flexibility index (Phi) is 41.2. The van der Waals surface area contributed by atoms with Gasteiger partial charge in [-0.3, -0.25) is 0 Å². The molecule has 21 heteroatoms. The zero-order valence-electron chi connectivity index (χ0n) is 23.4. The van der Waals surface area contributed by atoms with Crippen LogP contribution in [0.1, 0.15) is 39.7 Å². The van der Waals surface area contributed by atoms with Crippen LogP contribution in [0.15, 0.2) is 48.5 Å². The maximum Gasteiger partial charge on any atom is 0.416 e. The second kappa shape index (κ2) is 36.1. The third kappa shape index (κ3) is 33.5. The number of halogens is 7. The van der Waals surface area contributed by atoms with E-state index in [2.05, 4.69) is 45.6 Å². The summed E-state index contributed by atoms with van der Waals surface area (Å²) in [5.74, 6) is 0.495. The van der Waals surface area contributed by atoms with Gasteiger partial charge in [0.1, 0.15) is 17.3 Å². The Bertz CT molecular complexity index is 993. The normalized spacial score (nSPS) is 9.62. The van der Waals surface area contributed by atoms with Crippen LogP contribution < -0.4 is 9.47 Å². The first kappa shape index (κ1) is 47.9. The van der Waals surface area contributed by atoms with Crippen LogP contribution in [0.3, 0.4) is 0 Å². The second-order valence-corrected chi connectivity index (χ2v) is 11.1. The number of rotatable bonds is 2. The van der Waals surface area contributed by atoms with Crippen molar-refractivity contribution in [2.45, 2.75) is 40.3 Å². The van der Waals surface area contributed by atoms with Crippen molar-refractivity contribution in [3.8, 4) is 11.5 Å². The number of aromatic nitrogens is 6. The molecule has 42 heavy (non-hydrogen) atoms. The van der Waals surface area contributed by atoms with Crippen molar-refractivity contribution in [1.82, 2.24) is 27.1 Å². The molecule has 4 aromatic rings. The smallest absolute Gasteiger partial charge is 0.416 e. The Morgan fingerprint density at radius 1 is 0.667 bits per heavy atom. The standard InChI is InChI=1S/C8H7F3O.C7H7FO.C3H8.C2H6.CH2F2.HI.2N3P3/c1-12-7-4-2-3-6(5-7)8(9,10)11;1-9-7-4-2-3-6(8)5-7;1-3-2;1-2;2-1-3;;2*1-4-2-6-3-5-1/h2-5H,1H3;2-5H,1H3;3H2,1-2H3;1-2H3;1H2;1H;;. The molecule has 0 atom stereocenters. The van der Waals surface area contributed by atoms with Crippen molar-refractivity contribution in [2.75, 3.05) is 21.1 Å². The van der Waals surface area contributed by atoms with E-state index in [-0.39, 0.29) is 35.5 Å². The molecule has 2 heterocycles. The lowest BCUT2D eigenvalue weighted by Gasteiger charge is -2.07. The topological polar surface area (TPSA) is 95.8 Å². The summed E-state index contributed by atoms with van der Waals surface area (Å²) in [7, 11) is 7.82. The second-order valence-electron chi connectivity index (χ2n) is 5.77. The van der Waals surface area contributed by atoms with Crippen LogP contribution in [0.4, 0.5) is 26.3 Å². The third-order valence-electron chi connectivity index (χ3n) is 2.91. The molecule has 0 aliphatic rings. The number of nitrogens with zero attached hydrogens (tertiary/aromatic N) is 6. The van der Waals surface area contributed by atoms with Gasteiger partial charge in [-0.25, -0.2) is 13.2 Å². The first-order valence-electron chi connectivity index (χ1n) is 11.2. The van der Waals surface area contributed by atoms with E-state index in [9.17, 15) is 26.3 Å². The minimum Gasteiger partial charge on any atom is -0.497 e. The van der Waals surface area contributed by atoms with Gasteiger partial charge < -0.3 is 9.47 Å². The van der Waals surface area contributed by atoms with Gasteiger partial charge in [0.05, 0.1) is 19.8 Å². The highest BCUT2D eigenvalue weighted by Crippen LogP contribution is 2.31. The molecule has 2 aromatic carbocycles. The Balaban J connectivity index is -0.000000215. The number of benzene rings is 2. The molecule has 0 spiro atoms. The summed E-state index contributed by atoms with van der Waals surface area (Å²) in [4.78, 5) is 0. The maximum absolute atomic E-state index is 12.3. The quantitative estimate of drug-likeness (QED) is 0.146. The molecular weight excluding hydrogens is 795 g/mol. The van der Waals surface area contributed by atoms with E-state index >= 15 is 0 Å². The molecule has 0 amide bonds. The lowest BCUT2D eigenvalue weighted by molar-refractivity contribution is -0.137. The van der Waals surface area contributed by atoms with Crippen molar-refractivity contribution in [3.63, 3.8) is 0 Å². The Hall–Kier alpha value is -1.05. The van der Waals surface area contributed by atoms with Gasteiger partial charge in [-0.2, -0.15) is 40.2 Å². The van der Waals surface area contributed by atoms with Gasteiger partial charge in [-0.05, 0) is 30.3 Å². The Morgan fingerprint density at radius 3 is 1.21 bits per heavy atom. The van der Waals surface area contributed by atoms with E-state index in [4.69, 9.17) is 4.74 Å². The fraction of sp³-hybridized carbons (Fsp3) is 0.429. The fourth-order valence-corrected chi connectivity index (χ4v) is 5.26. The SMILES string of the molecule is CC.CCC.COc1cccc(C(F)(F)F)c1.COc1cccc(F)c1.FCF.I.n1pnpnp1.n1pnpnp1. The molecule has 2 aromatic heterocycles. The van der Waals surface area contributed by atoms with E-state index in [0.29, 0.717) is 5.75 Å². The van der Waals surface area contributed by atoms with E-state index in [0.717, 1.165) is 63.2 Å². The molecule has 0 N–H and O–H groups in total. The predicted molar refractivity (Wildman–Crippen MR) is 175 cm³/mol. The van der Waals surface area contributed by atoms with Crippen molar-refractivity contribution < 1.29 is 35.8 Å². The van der Waals surface area contributed by atoms with E-state index in [1.807, 2.05) is 13.8 Å². The highest BCUT2D eigenvalue weighted by molar-refractivity contribution is 14.0. The molecule has 0 bridgehead atoms. The maximum atomic E-state index is 12.3. The van der Waals surface area contributed by atoms with Crippen LogP contribution in [0.25, 0.3) is 0 Å². The fourth-order valence-electron chi connectivity index (χ4n) is 1.61. The average Bonchev–Trinajstić information content (AvgIpc) is 3.01. The minimum atomic E-state index is -4.30. The molecule has 0 saturated carbocycles. The molecule has 0 aliphatic carbocycles. The average molecular weight is 826 g/mol. The summed E-state index contributed by atoms with van der Waals surface area (Å²) in [5, 5.41) is 0. The number of hydrogen-bond donors (Lipinski definition) is 0. The Labute approximate surface area is 269 Å². The van der Waals surface area contributed by atoms with Gasteiger partial charge >= 0.3 is 6.18 Å². The largest absolute Gasteiger partial charge is 0.497 e. The monoisotopic (exact) mass is 826 g/mol. The summed E-state index contributed by atoms with van der Waals surface area (Å²) >= 11 is 0. The highest BCUT2D eigenvalue weighted by Gasteiger charge is 2.30. The molecule has 0 fully saturated rings. The Morgan fingerprint density at radius 2 is 0.976 bits per heavy atom. The van der Waals surface area contributed by atoms with Crippen LogP contribution in [0.5, 0.6) is 11.5 Å². The number of methoxy groups -OCH3 is 2. The summed E-state index contributed by atoms with van der Waals surface area (Å²) in [6.45, 7) is 6.50. The van der Waals surface area contributed by atoms with Crippen LogP contribution in [0.2, 0.25) is 0 Å². The van der Waals surface area contributed by atoms with Gasteiger partial charge in [0, 0.05) is 6.07 Å². The number of alkyl halides is 5. The van der Waals surface area contributed by atoms with Gasteiger partial charge in [-0.15, -0.1) is 24.0 Å². The van der Waals surface area contributed by atoms with Gasteiger partial charge in [0.2, 0.25) is 6.93 Å². The first-order chi connectivity index (χ1) is 19.7. The van der Waals surface area contributed by atoms with Crippen LogP contribution in [-0.4, -0.2) is 48.2 Å². The molecule has 0 saturated heterocycles. The van der Waals surface area contributed by atoms with Crippen molar-refractivity contribution >= 4 is 75.0 Å². The lowest BCUT2D eigenvalue weighted by Crippen LogP contribution is -2.04. The zero-order chi connectivity index (χ0) is 31.8. The summed E-state index contributed by atoms with van der Waals surface area (Å²) < 4.78 is 99.8. The van der Waals surface area contributed by atoms with E-state index in [1.54, 1.807) is 12.1 Å². The highest BCUT2D eigenvalue weighted by atomic mass is 127. The lowest BCUT2D eigenvalue weighted by atomic mass is 10.2. The summed E-state index contributed by atoms with van der Waals surface area (Å²) in [6.07, 6.45) is -3.05. The summed E-state index contributed by atoms with van der Waals surface area (Å²) in [6, 6.07) is 10.7. The molecule has 8 nitrogen and oxygen atoms in total. The predicted octanol–water partition coefficient (Wildman–Crippen LogP) is 11.7. The van der Waals surface area contributed by atoms with Gasteiger partial charge in [0.15, 0.2) is 51.1 Å². The van der Waals surface area contributed by atoms with Crippen molar-refractivity contribution in [1.29, 1.82) is 0 Å². The van der Waals surface area contributed by atoms with Crippen molar-refractivity contribution in [2.24, 2.45) is 0 Å². The van der Waals surface area contributed by atoms with Crippen molar-refractivity contribution in [3.05, 3.63) is 59.9 Å². The molecule has 0 unspecified atom stereocenters. The molecule has 4 rings (SSSR count). The molecule has 236 valence electrons. The zero-order valence-corrected chi connectivity index (χ0v) is 31.1. The van der Waals surface area contributed by atoms with E-state index in [1.165, 1.54) is 44.9 Å². The molecular formula is C21H31F6IN6O2P6. The van der Waals surface area contributed by atoms with Gasteiger partial charge in [0.25, 0.3) is 0 Å². The first-order valence-corrected chi connectivity index (χ1v) is 16.0. The van der Waals surface area contributed by atoms with Gasteiger partial charge in [-0.1, -0.05) is 46.2 Å². The molecule has 0 radical (unpaired) electrons. The number of hydrogen-bond acceptors (Lipinski definition) is 8. The van der Waals surface area contributed by atoms with Crippen LogP contribution in [-0.2, 0) is 6.18 Å². The minimum absolute atomic E-state index is 0. The van der Waals surface area contributed by atoms with Crippen LogP contribution >= 0.6 is 75.0 Å². The number of ether oxygens (including phenoxy) is 2. The van der Waals surface area contributed by atoms with Crippen LogP contribution in [0, 0.1) is 5.82 Å².